The normalized spacial score (nSPS) is 33.0. The maximum absolute atomic E-state index is 14.5. The molecule has 9 heteroatoms. The third-order valence-electron chi connectivity index (χ3n) is 3.02. The van der Waals surface area contributed by atoms with Gasteiger partial charge < -0.3 is 14.9 Å². The van der Waals surface area contributed by atoms with E-state index in [2.05, 4.69) is 0 Å². The highest BCUT2D eigenvalue weighted by Gasteiger charge is 2.57. The zero-order valence-corrected chi connectivity index (χ0v) is 9.92. The molecule has 4 unspecified atom stereocenters. The summed E-state index contributed by atoms with van der Waals surface area (Å²) in [6, 6.07) is 0. The van der Waals surface area contributed by atoms with Crippen molar-refractivity contribution in [2.75, 3.05) is 6.61 Å². The number of aliphatic hydroxyl groups is 2. The largest absolute Gasteiger partial charge is 0.394 e. The Morgan fingerprint density at radius 2 is 2.25 bits per heavy atom. The van der Waals surface area contributed by atoms with E-state index in [1.165, 1.54) is 0 Å². The first-order chi connectivity index (χ1) is 9.35. The van der Waals surface area contributed by atoms with Gasteiger partial charge in [0.2, 0.25) is 11.5 Å². The van der Waals surface area contributed by atoms with Gasteiger partial charge in [-0.3, -0.25) is 14.3 Å². The van der Waals surface area contributed by atoms with Crippen LogP contribution in [0.4, 0.5) is 8.78 Å². The van der Waals surface area contributed by atoms with E-state index in [-0.39, 0.29) is 0 Å². The van der Waals surface area contributed by atoms with Crippen LogP contribution in [0, 0.1) is 18.2 Å². The molecular weight excluding hydrogens is 278 g/mol. The molecule has 7 nitrogen and oxygen atoms in total. The van der Waals surface area contributed by atoms with Crippen molar-refractivity contribution in [3.05, 3.63) is 32.9 Å². The quantitative estimate of drug-likeness (QED) is 0.561. The molecule has 3 N–H and O–H groups in total. The molecule has 1 aromatic heterocycles. The zero-order valence-electron chi connectivity index (χ0n) is 9.92. The predicted molar refractivity (Wildman–Crippen MR) is 61.0 cm³/mol. The number of hydrogen-bond acceptors (Lipinski definition) is 5. The molecule has 1 aliphatic heterocycles. The van der Waals surface area contributed by atoms with E-state index in [9.17, 15) is 23.5 Å². The van der Waals surface area contributed by atoms with Gasteiger partial charge in [0, 0.05) is 0 Å². The van der Waals surface area contributed by atoms with Crippen molar-refractivity contribution in [2.45, 2.75) is 24.1 Å². The maximum Gasteiger partial charge on any atom is 0.330 e. The van der Waals surface area contributed by atoms with Crippen LogP contribution in [0.3, 0.4) is 0 Å². The third-order valence-corrected chi connectivity index (χ3v) is 3.02. The lowest BCUT2D eigenvalue weighted by molar-refractivity contribution is -0.0547. The van der Waals surface area contributed by atoms with Crippen LogP contribution in [-0.2, 0) is 4.74 Å². The van der Waals surface area contributed by atoms with E-state index in [0.717, 1.165) is 0 Å². The molecule has 0 radical (unpaired) electrons. The molecule has 2 heterocycles. The summed E-state index contributed by atoms with van der Waals surface area (Å²) in [5.41, 5.74) is -5.31. The van der Waals surface area contributed by atoms with Crippen LogP contribution in [0.5, 0.6) is 0 Å². The highest BCUT2D eigenvalue weighted by molar-refractivity contribution is 5.19. The standard InChI is InChI=1S/C11H10F2N2O5/c1-2-11(13)7(17)6(4-16)20-9(11)15-3-5(12)8(18)14-10(15)19/h1,3,6-7,9,16-17H,4H2,(H,14,18,19). The summed E-state index contributed by atoms with van der Waals surface area (Å²) in [5, 5.41) is 18.6. The second-order valence-electron chi connectivity index (χ2n) is 4.21. The molecule has 2 rings (SSSR count). The summed E-state index contributed by atoms with van der Waals surface area (Å²) < 4.78 is 33.1. The molecule has 0 bridgehead atoms. The molecule has 1 fully saturated rings. The summed E-state index contributed by atoms with van der Waals surface area (Å²) in [5.74, 6) is 0.285. The molecule has 0 aromatic carbocycles. The molecule has 0 amide bonds. The highest BCUT2D eigenvalue weighted by Crippen LogP contribution is 2.40. The SMILES string of the molecule is C#CC1(F)C(O)C(CO)OC1n1cc(F)c(=O)[nH]c1=O. The fraction of sp³-hybridized carbons (Fsp3) is 0.455. The van der Waals surface area contributed by atoms with Gasteiger partial charge in [0.1, 0.15) is 12.2 Å². The topological polar surface area (TPSA) is 105 Å². The Balaban J connectivity index is 2.58. The van der Waals surface area contributed by atoms with Gasteiger partial charge in [-0.15, -0.1) is 6.42 Å². The summed E-state index contributed by atoms with van der Waals surface area (Å²) in [7, 11) is 0. The molecule has 0 aliphatic carbocycles. The molecular formula is C11H10F2N2O5. The number of nitrogens with zero attached hydrogens (tertiary/aromatic N) is 1. The fourth-order valence-corrected chi connectivity index (χ4v) is 1.96. The van der Waals surface area contributed by atoms with Crippen LogP contribution in [0.1, 0.15) is 6.23 Å². The van der Waals surface area contributed by atoms with Gasteiger partial charge >= 0.3 is 5.69 Å². The van der Waals surface area contributed by atoms with Gasteiger partial charge in [-0.2, -0.15) is 4.39 Å². The van der Waals surface area contributed by atoms with Crippen LogP contribution in [0.2, 0.25) is 0 Å². The third kappa shape index (κ3) is 1.94. The predicted octanol–water partition coefficient (Wildman–Crippen LogP) is -1.73. The van der Waals surface area contributed by atoms with Crippen LogP contribution in [0.15, 0.2) is 15.8 Å². The van der Waals surface area contributed by atoms with E-state index in [0.29, 0.717) is 10.8 Å². The highest BCUT2D eigenvalue weighted by atomic mass is 19.1. The van der Waals surface area contributed by atoms with Crippen molar-refractivity contribution in [2.24, 2.45) is 0 Å². The number of ether oxygens (including phenoxy) is 1. The lowest BCUT2D eigenvalue weighted by atomic mass is 9.97. The maximum atomic E-state index is 14.5. The fourth-order valence-electron chi connectivity index (χ4n) is 1.96. The lowest BCUT2D eigenvalue weighted by Gasteiger charge is -2.23. The average Bonchev–Trinajstić information content (AvgIpc) is 2.67. The summed E-state index contributed by atoms with van der Waals surface area (Å²) >= 11 is 0. The number of alkyl halides is 1. The molecule has 108 valence electrons. The molecule has 20 heavy (non-hydrogen) atoms. The van der Waals surface area contributed by atoms with Crippen LogP contribution < -0.4 is 11.2 Å². The Bertz CT molecular complexity index is 679. The first-order valence-corrected chi connectivity index (χ1v) is 5.47. The van der Waals surface area contributed by atoms with E-state index in [1.54, 1.807) is 10.9 Å². The number of aliphatic hydroxyl groups excluding tert-OH is 2. The minimum Gasteiger partial charge on any atom is -0.394 e. The number of rotatable bonds is 2. The van der Waals surface area contributed by atoms with Gasteiger partial charge in [0.05, 0.1) is 12.8 Å². The number of halogens is 2. The molecule has 0 spiro atoms. The van der Waals surface area contributed by atoms with E-state index in [1.807, 2.05) is 0 Å². The smallest absolute Gasteiger partial charge is 0.330 e. The lowest BCUT2D eigenvalue weighted by Crippen LogP contribution is -2.45. The van der Waals surface area contributed by atoms with Gasteiger partial charge in [-0.1, -0.05) is 5.92 Å². The summed E-state index contributed by atoms with van der Waals surface area (Å²) in [6.45, 7) is -0.758. The second kappa shape index (κ2) is 4.82. The summed E-state index contributed by atoms with van der Waals surface area (Å²) in [4.78, 5) is 24.1. The van der Waals surface area contributed by atoms with E-state index >= 15 is 0 Å². The number of H-pyrrole nitrogens is 1. The van der Waals surface area contributed by atoms with Gasteiger partial charge in [0.25, 0.3) is 5.56 Å². The number of terminal acetylenes is 1. The molecule has 4 atom stereocenters. The van der Waals surface area contributed by atoms with Crippen molar-refractivity contribution in [1.82, 2.24) is 9.55 Å². The average molecular weight is 288 g/mol. The van der Waals surface area contributed by atoms with Gasteiger partial charge in [-0.05, 0) is 0 Å². The Labute approximate surface area is 110 Å². The molecule has 1 aliphatic rings. The Morgan fingerprint density at radius 1 is 1.60 bits per heavy atom. The number of nitrogens with one attached hydrogen (secondary N) is 1. The number of aromatic amines is 1. The number of aromatic nitrogens is 2. The Morgan fingerprint density at radius 3 is 2.80 bits per heavy atom. The number of hydrogen-bond donors (Lipinski definition) is 3. The van der Waals surface area contributed by atoms with Crippen molar-refractivity contribution in [3.8, 4) is 12.3 Å². The monoisotopic (exact) mass is 288 g/mol. The van der Waals surface area contributed by atoms with E-state index < -0.39 is 47.8 Å². The molecule has 0 saturated carbocycles. The zero-order chi connectivity index (χ0) is 15.1. The Kier molecular flexibility index (Phi) is 3.47. The van der Waals surface area contributed by atoms with Crippen LogP contribution >= 0.6 is 0 Å². The summed E-state index contributed by atoms with van der Waals surface area (Å²) in [6.07, 6.45) is 0.239. The van der Waals surface area contributed by atoms with Gasteiger partial charge in [0.15, 0.2) is 6.23 Å². The van der Waals surface area contributed by atoms with Crippen molar-refractivity contribution in [1.29, 1.82) is 0 Å². The first-order valence-electron chi connectivity index (χ1n) is 5.47. The Hall–Kier alpha value is -2.02. The molecule has 1 saturated heterocycles. The first kappa shape index (κ1) is 14.4. The van der Waals surface area contributed by atoms with Gasteiger partial charge in [-0.25, -0.2) is 9.18 Å². The second-order valence-corrected chi connectivity index (χ2v) is 4.21. The molecule has 1 aromatic rings. The van der Waals surface area contributed by atoms with Crippen molar-refractivity contribution < 1.29 is 23.7 Å². The van der Waals surface area contributed by atoms with Crippen LogP contribution in [0.25, 0.3) is 0 Å². The minimum atomic E-state index is -2.86. The van der Waals surface area contributed by atoms with E-state index in [4.69, 9.17) is 16.3 Å². The van der Waals surface area contributed by atoms with Crippen LogP contribution in [-0.4, -0.2) is 44.2 Å². The van der Waals surface area contributed by atoms with Crippen molar-refractivity contribution in [3.63, 3.8) is 0 Å². The van der Waals surface area contributed by atoms with Crippen molar-refractivity contribution >= 4 is 0 Å². The minimum absolute atomic E-state index is 0.384.